The van der Waals surface area contributed by atoms with Gasteiger partial charge in [0.05, 0.1) is 0 Å². The van der Waals surface area contributed by atoms with Gasteiger partial charge in [-0.1, -0.05) is 43.8 Å². The van der Waals surface area contributed by atoms with E-state index < -0.39 is 0 Å². The van der Waals surface area contributed by atoms with Gasteiger partial charge in [-0.3, -0.25) is 9.59 Å². The molecule has 0 atom stereocenters. The molecule has 1 heterocycles. The average Bonchev–Trinajstić information content (AvgIpc) is 2.84. The Morgan fingerprint density at radius 3 is 2.44 bits per heavy atom. The van der Waals surface area contributed by atoms with E-state index in [0.29, 0.717) is 16.8 Å². The lowest BCUT2D eigenvalue weighted by atomic mass is 9.97. The quantitative estimate of drug-likeness (QED) is 0.349. The van der Waals surface area contributed by atoms with Crippen molar-refractivity contribution in [3.05, 3.63) is 100 Å². The highest BCUT2D eigenvalue weighted by atomic mass is 16.5. The summed E-state index contributed by atoms with van der Waals surface area (Å²) in [7, 11) is 1.75. The van der Waals surface area contributed by atoms with E-state index >= 15 is 0 Å². The maximum atomic E-state index is 13.0. The summed E-state index contributed by atoms with van der Waals surface area (Å²) in [5.74, 6) is 1.12. The highest BCUT2D eigenvalue weighted by Crippen LogP contribution is 2.40. The first-order chi connectivity index (χ1) is 16.3. The fraction of sp³-hybridized carbons (Fsp3) is 0.172. The summed E-state index contributed by atoms with van der Waals surface area (Å²) >= 11 is 0. The molecule has 3 aromatic carbocycles. The van der Waals surface area contributed by atoms with E-state index in [1.165, 1.54) is 6.08 Å². The van der Waals surface area contributed by atoms with E-state index in [0.717, 1.165) is 45.4 Å². The number of anilines is 1. The maximum absolute atomic E-state index is 13.0. The molecule has 5 nitrogen and oxygen atoms in total. The molecule has 5 heteroatoms. The van der Waals surface area contributed by atoms with Crippen molar-refractivity contribution in [1.29, 1.82) is 0 Å². The predicted octanol–water partition coefficient (Wildman–Crippen LogP) is 6.30. The van der Waals surface area contributed by atoms with Crippen molar-refractivity contribution >= 4 is 22.4 Å². The fourth-order valence-electron chi connectivity index (χ4n) is 4.12. The van der Waals surface area contributed by atoms with Gasteiger partial charge in [0.1, 0.15) is 11.5 Å². The number of ether oxygens (including phenoxy) is 1. The number of nitrogens with one attached hydrogen (secondary N) is 1. The zero-order valence-electron chi connectivity index (χ0n) is 19.9. The molecule has 0 saturated carbocycles. The predicted molar refractivity (Wildman–Crippen MR) is 139 cm³/mol. The summed E-state index contributed by atoms with van der Waals surface area (Å²) in [6.45, 7) is 9.62. The number of para-hydroxylation sites is 1. The number of carbonyl (C=O) groups is 1. The average molecular weight is 453 g/mol. The third-order valence-electron chi connectivity index (χ3n) is 6.00. The first kappa shape index (κ1) is 23.1. The monoisotopic (exact) mass is 452 g/mol. The lowest BCUT2D eigenvalue weighted by Gasteiger charge is -2.18. The van der Waals surface area contributed by atoms with Crippen LogP contribution in [0, 0.1) is 13.8 Å². The minimum atomic E-state index is -0.299. The van der Waals surface area contributed by atoms with Crippen molar-refractivity contribution in [2.24, 2.45) is 7.05 Å². The molecule has 0 unspecified atom stereocenters. The first-order valence-corrected chi connectivity index (χ1v) is 11.3. The zero-order valence-corrected chi connectivity index (χ0v) is 19.9. The molecule has 172 valence electrons. The van der Waals surface area contributed by atoms with E-state index in [1.54, 1.807) is 17.7 Å². The van der Waals surface area contributed by atoms with Crippen molar-refractivity contribution in [3.8, 4) is 22.6 Å². The number of benzene rings is 3. The Balaban J connectivity index is 1.98. The van der Waals surface area contributed by atoms with Crippen molar-refractivity contribution in [2.75, 3.05) is 5.32 Å². The fourth-order valence-corrected chi connectivity index (χ4v) is 4.12. The van der Waals surface area contributed by atoms with Crippen molar-refractivity contribution < 1.29 is 9.53 Å². The SMILES string of the molecule is C=CC(=O)Nc1ccc(Oc2c(C)cccc2C)c(-c2cn(C)c(=O)c3cc(CC)ccc23)c1. The van der Waals surface area contributed by atoms with E-state index in [4.69, 9.17) is 4.74 Å². The summed E-state index contributed by atoms with van der Waals surface area (Å²) in [6, 6.07) is 17.5. The summed E-state index contributed by atoms with van der Waals surface area (Å²) in [5, 5.41) is 4.31. The van der Waals surface area contributed by atoms with Gasteiger partial charge < -0.3 is 14.6 Å². The lowest BCUT2D eigenvalue weighted by Crippen LogP contribution is -2.17. The van der Waals surface area contributed by atoms with Crippen LogP contribution in [-0.4, -0.2) is 10.5 Å². The Hall–Kier alpha value is -4.12. The largest absolute Gasteiger partial charge is 0.456 e. The van der Waals surface area contributed by atoms with Gasteiger partial charge in [0.15, 0.2) is 0 Å². The molecule has 0 radical (unpaired) electrons. The van der Waals surface area contributed by atoms with E-state index in [1.807, 2.05) is 68.6 Å². The number of pyridine rings is 1. The molecule has 4 rings (SSSR count). The van der Waals surface area contributed by atoms with Crippen LogP contribution in [0.4, 0.5) is 5.69 Å². The maximum Gasteiger partial charge on any atom is 0.258 e. The van der Waals surface area contributed by atoms with Crippen LogP contribution in [0.1, 0.15) is 23.6 Å². The smallest absolute Gasteiger partial charge is 0.258 e. The Morgan fingerprint density at radius 2 is 1.76 bits per heavy atom. The van der Waals surface area contributed by atoms with Gasteiger partial charge in [-0.25, -0.2) is 0 Å². The van der Waals surface area contributed by atoms with E-state index in [9.17, 15) is 9.59 Å². The standard InChI is InChI=1S/C29H28N2O3/c1-6-20-11-13-22-24(15-20)29(33)31(5)17-25(22)23-16-21(30-27(32)7-2)12-14-26(23)34-28-18(3)9-8-10-19(28)4/h7-17H,2,6H2,1,3-5H3,(H,30,32). The van der Waals surface area contributed by atoms with Gasteiger partial charge in [-0.05, 0) is 72.7 Å². The minimum Gasteiger partial charge on any atom is -0.456 e. The molecule has 0 bridgehead atoms. The summed E-state index contributed by atoms with van der Waals surface area (Å²) in [4.78, 5) is 24.9. The number of rotatable bonds is 6. The number of fused-ring (bicyclic) bond motifs is 1. The molecule has 0 aliphatic rings. The Labute approximate surface area is 199 Å². The molecular formula is C29H28N2O3. The van der Waals surface area contributed by atoms with Crippen molar-refractivity contribution in [1.82, 2.24) is 4.57 Å². The van der Waals surface area contributed by atoms with Crippen molar-refractivity contribution in [3.63, 3.8) is 0 Å². The topological polar surface area (TPSA) is 60.3 Å². The normalized spacial score (nSPS) is 10.8. The molecule has 1 aromatic heterocycles. The zero-order chi connectivity index (χ0) is 24.4. The molecule has 0 spiro atoms. The van der Waals surface area contributed by atoms with Gasteiger partial charge in [0, 0.05) is 35.4 Å². The second kappa shape index (κ2) is 9.40. The number of aryl methyl sites for hydroxylation is 4. The van der Waals surface area contributed by atoms with Gasteiger partial charge in [-0.15, -0.1) is 0 Å². The van der Waals surface area contributed by atoms with E-state index in [-0.39, 0.29) is 11.5 Å². The molecule has 0 aliphatic heterocycles. The summed E-state index contributed by atoms with van der Waals surface area (Å²) < 4.78 is 8.05. The minimum absolute atomic E-state index is 0.0534. The van der Waals surface area contributed by atoms with Crippen molar-refractivity contribution in [2.45, 2.75) is 27.2 Å². The number of amides is 1. The first-order valence-electron chi connectivity index (χ1n) is 11.3. The van der Waals surface area contributed by atoms with Crippen LogP contribution < -0.4 is 15.6 Å². The molecular weight excluding hydrogens is 424 g/mol. The number of carbonyl (C=O) groups excluding carboxylic acids is 1. The molecule has 0 fully saturated rings. The Morgan fingerprint density at radius 1 is 1.03 bits per heavy atom. The number of aromatic nitrogens is 1. The molecule has 1 N–H and O–H groups in total. The number of hydrogen-bond acceptors (Lipinski definition) is 3. The number of hydrogen-bond donors (Lipinski definition) is 1. The van der Waals surface area contributed by atoms with Crippen LogP contribution in [0.15, 0.2) is 78.2 Å². The molecule has 34 heavy (non-hydrogen) atoms. The highest BCUT2D eigenvalue weighted by molar-refractivity contribution is 6.01. The third-order valence-corrected chi connectivity index (χ3v) is 6.00. The van der Waals surface area contributed by atoms with Crippen LogP contribution in [0.5, 0.6) is 11.5 Å². The molecule has 1 amide bonds. The second-order valence-electron chi connectivity index (χ2n) is 8.42. The van der Waals surface area contributed by atoms with Gasteiger partial charge >= 0.3 is 0 Å². The highest BCUT2D eigenvalue weighted by Gasteiger charge is 2.17. The van der Waals surface area contributed by atoms with Crippen LogP contribution in [0.3, 0.4) is 0 Å². The van der Waals surface area contributed by atoms with Crippen LogP contribution in [0.2, 0.25) is 0 Å². The Bertz CT molecular complexity index is 1460. The molecule has 0 aliphatic carbocycles. The molecule has 0 saturated heterocycles. The number of nitrogens with zero attached hydrogens (tertiary/aromatic N) is 1. The summed E-state index contributed by atoms with van der Waals surface area (Å²) in [6.07, 6.45) is 3.89. The lowest BCUT2D eigenvalue weighted by molar-refractivity contribution is -0.111. The van der Waals surface area contributed by atoms with Gasteiger partial charge in [0.25, 0.3) is 5.56 Å². The second-order valence-corrected chi connectivity index (χ2v) is 8.42. The van der Waals surface area contributed by atoms with Crippen LogP contribution in [0.25, 0.3) is 21.9 Å². The third kappa shape index (κ3) is 4.37. The van der Waals surface area contributed by atoms with E-state index in [2.05, 4.69) is 18.8 Å². The van der Waals surface area contributed by atoms with Gasteiger partial charge in [0.2, 0.25) is 5.91 Å². The van der Waals surface area contributed by atoms with Crippen LogP contribution in [-0.2, 0) is 18.3 Å². The molecule has 4 aromatic rings. The Kier molecular flexibility index (Phi) is 6.37. The van der Waals surface area contributed by atoms with Gasteiger partial charge in [-0.2, -0.15) is 0 Å². The summed E-state index contributed by atoms with van der Waals surface area (Å²) in [5.41, 5.74) is 5.31. The van der Waals surface area contributed by atoms with Crippen LogP contribution >= 0.6 is 0 Å².